The monoisotopic (exact) mass is 200 g/mol. The lowest BCUT2D eigenvalue weighted by Crippen LogP contribution is -2.30. The number of hydrogen-bond donors (Lipinski definition) is 2. The number of nitrogens with zero attached hydrogens (tertiary/aromatic N) is 2. The molecule has 0 radical (unpaired) electrons. The minimum absolute atomic E-state index is 0.189. The van der Waals surface area contributed by atoms with E-state index < -0.39 is 0 Å². The molecule has 0 saturated heterocycles. The van der Waals surface area contributed by atoms with Crippen LogP contribution >= 0.6 is 0 Å². The molecule has 0 spiro atoms. The summed E-state index contributed by atoms with van der Waals surface area (Å²) in [6.07, 6.45) is 6.46. The first-order valence-electron chi connectivity index (χ1n) is 5.10. The van der Waals surface area contributed by atoms with Crippen LogP contribution in [0.15, 0.2) is 30.9 Å². The van der Waals surface area contributed by atoms with Gasteiger partial charge in [0.15, 0.2) is 0 Å². The molecule has 3 rings (SSSR count). The number of hydrogen-bond acceptors (Lipinski definition) is 3. The van der Waals surface area contributed by atoms with Gasteiger partial charge in [0.05, 0.1) is 18.1 Å². The average Bonchev–Trinajstić information content (AvgIpc) is 2.78. The first kappa shape index (κ1) is 8.61. The molecule has 2 aromatic heterocycles. The summed E-state index contributed by atoms with van der Waals surface area (Å²) < 4.78 is 0. The van der Waals surface area contributed by atoms with Gasteiger partial charge in [-0.3, -0.25) is 4.98 Å². The Morgan fingerprint density at radius 2 is 2.40 bits per heavy atom. The van der Waals surface area contributed by atoms with Crippen LogP contribution in [0.3, 0.4) is 0 Å². The van der Waals surface area contributed by atoms with Crippen LogP contribution in [0, 0.1) is 0 Å². The van der Waals surface area contributed by atoms with Gasteiger partial charge in [-0.1, -0.05) is 6.07 Å². The zero-order chi connectivity index (χ0) is 10.1. The molecule has 4 heteroatoms. The standard InChI is InChI=1S/C11H12N4/c1-2-8(6-12-4-1)10-11-9(3-5-13-10)14-7-15-11/h1-2,4,6-7,10,13H,3,5H2,(H,14,15)/t10-/m1/s1. The Morgan fingerprint density at radius 1 is 1.40 bits per heavy atom. The molecule has 0 bridgehead atoms. The molecule has 1 atom stereocenters. The Balaban J connectivity index is 2.03. The van der Waals surface area contributed by atoms with E-state index in [1.165, 1.54) is 11.3 Å². The highest BCUT2D eigenvalue weighted by molar-refractivity contribution is 5.30. The maximum atomic E-state index is 4.37. The minimum Gasteiger partial charge on any atom is -0.348 e. The maximum Gasteiger partial charge on any atom is 0.0926 e. The molecule has 0 unspecified atom stereocenters. The maximum absolute atomic E-state index is 4.37. The summed E-state index contributed by atoms with van der Waals surface area (Å²) in [6, 6.07) is 4.22. The second-order valence-corrected chi connectivity index (χ2v) is 3.69. The van der Waals surface area contributed by atoms with Crippen LogP contribution < -0.4 is 5.32 Å². The molecule has 76 valence electrons. The van der Waals surface area contributed by atoms with E-state index in [1.807, 2.05) is 12.3 Å². The van der Waals surface area contributed by atoms with Crippen LogP contribution in [0.2, 0.25) is 0 Å². The number of fused-ring (bicyclic) bond motifs is 1. The Labute approximate surface area is 87.8 Å². The fraction of sp³-hybridized carbons (Fsp3) is 0.273. The van der Waals surface area contributed by atoms with Gasteiger partial charge in [-0.2, -0.15) is 0 Å². The molecule has 0 amide bonds. The van der Waals surface area contributed by atoms with Gasteiger partial charge in [-0.05, 0) is 11.6 Å². The van der Waals surface area contributed by atoms with Gasteiger partial charge in [0.1, 0.15) is 0 Å². The summed E-state index contributed by atoms with van der Waals surface area (Å²) in [5, 5.41) is 3.46. The van der Waals surface area contributed by atoms with Crippen molar-refractivity contribution in [3.8, 4) is 0 Å². The van der Waals surface area contributed by atoms with E-state index in [-0.39, 0.29) is 6.04 Å². The summed E-state index contributed by atoms with van der Waals surface area (Å²) in [6.45, 7) is 0.981. The van der Waals surface area contributed by atoms with Crippen LogP contribution in [0.5, 0.6) is 0 Å². The lowest BCUT2D eigenvalue weighted by molar-refractivity contribution is 0.552. The molecule has 0 fully saturated rings. The molecular formula is C11H12N4. The van der Waals surface area contributed by atoms with Gasteiger partial charge in [0, 0.05) is 31.1 Å². The van der Waals surface area contributed by atoms with Gasteiger partial charge < -0.3 is 10.3 Å². The van der Waals surface area contributed by atoms with Crippen LogP contribution in [0.1, 0.15) is 23.0 Å². The fourth-order valence-electron chi connectivity index (χ4n) is 2.04. The van der Waals surface area contributed by atoms with Crippen LogP contribution in [-0.2, 0) is 6.42 Å². The molecule has 0 saturated carbocycles. The highest BCUT2D eigenvalue weighted by Gasteiger charge is 2.23. The van der Waals surface area contributed by atoms with Crippen LogP contribution in [-0.4, -0.2) is 21.5 Å². The lowest BCUT2D eigenvalue weighted by Gasteiger charge is -2.22. The number of aromatic nitrogens is 3. The predicted molar refractivity (Wildman–Crippen MR) is 56.4 cm³/mol. The molecule has 3 heterocycles. The Kier molecular flexibility index (Phi) is 1.99. The van der Waals surface area contributed by atoms with Crippen molar-refractivity contribution in [2.24, 2.45) is 0 Å². The number of imidazole rings is 1. The molecule has 4 nitrogen and oxygen atoms in total. The van der Waals surface area contributed by atoms with E-state index in [0.29, 0.717) is 0 Å². The third-order valence-corrected chi connectivity index (χ3v) is 2.77. The second-order valence-electron chi connectivity index (χ2n) is 3.69. The van der Waals surface area contributed by atoms with Gasteiger partial charge in [-0.25, -0.2) is 4.98 Å². The van der Waals surface area contributed by atoms with Crippen molar-refractivity contribution in [3.05, 3.63) is 47.8 Å². The van der Waals surface area contributed by atoms with Gasteiger partial charge in [0.2, 0.25) is 0 Å². The van der Waals surface area contributed by atoms with Gasteiger partial charge in [-0.15, -0.1) is 0 Å². The first-order chi connectivity index (χ1) is 7.45. The molecule has 1 aliphatic heterocycles. The van der Waals surface area contributed by atoms with E-state index >= 15 is 0 Å². The van der Waals surface area contributed by atoms with E-state index in [9.17, 15) is 0 Å². The van der Waals surface area contributed by atoms with Crippen molar-refractivity contribution in [2.45, 2.75) is 12.5 Å². The third kappa shape index (κ3) is 1.43. The molecule has 2 N–H and O–H groups in total. The van der Waals surface area contributed by atoms with E-state index in [2.05, 4.69) is 26.3 Å². The Hall–Kier alpha value is -1.68. The van der Waals surface area contributed by atoms with Crippen LogP contribution in [0.4, 0.5) is 0 Å². The summed E-state index contributed by atoms with van der Waals surface area (Å²) in [5.74, 6) is 0. The smallest absolute Gasteiger partial charge is 0.0926 e. The number of rotatable bonds is 1. The quantitative estimate of drug-likeness (QED) is 0.723. The SMILES string of the molecule is c1cncc([C@H]2NCCc3[nH]cnc32)c1. The molecule has 0 aromatic carbocycles. The summed E-state index contributed by atoms with van der Waals surface area (Å²) >= 11 is 0. The van der Waals surface area contributed by atoms with Crippen molar-refractivity contribution in [1.82, 2.24) is 20.3 Å². The normalized spacial score (nSPS) is 19.9. The van der Waals surface area contributed by atoms with Crippen molar-refractivity contribution >= 4 is 0 Å². The van der Waals surface area contributed by atoms with Crippen LogP contribution in [0.25, 0.3) is 0 Å². The third-order valence-electron chi connectivity index (χ3n) is 2.77. The summed E-state index contributed by atoms with van der Waals surface area (Å²) in [5.41, 5.74) is 3.52. The van der Waals surface area contributed by atoms with Crippen molar-refractivity contribution in [3.63, 3.8) is 0 Å². The largest absolute Gasteiger partial charge is 0.348 e. The summed E-state index contributed by atoms with van der Waals surface area (Å²) in [7, 11) is 0. The van der Waals surface area contributed by atoms with E-state index in [4.69, 9.17) is 0 Å². The lowest BCUT2D eigenvalue weighted by atomic mass is 10.00. The molecule has 1 aliphatic rings. The van der Waals surface area contributed by atoms with Crippen molar-refractivity contribution in [1.29, 1.82) is 0 Å². The van der Waals surface area contributed by atoms with E-state index in [1.54, 1.807) is 12.5 Å². The molecule has 2 aromatic rings. The number of nitrogens with one attached hydrogen (secondary N) is 2. The highest BCUT2D eigenvalue weighted by Crippen LogP contribution is 2.25. The van der Waals surface area contributed by atoms with Crippen molar-refractivity contribution < 1.29 is 0 Å². The molecule has 15 heavy (non-hydrogen) atoms. The zero-order valence-corrected chi connectivity index (χ0v) is 8.27. The first-order valence-corrected chi connectivity index (χ1v) is 5.10. The average molecular weight is 200 g/mol. The number of H-pyrrole nitrogens is 1. The topological polar surface area (TPSA) is 53.6 Å². The molecule has 0 aliphatic carbocycles. The zero-order valence-electron chi connectivity index (χ0n) is 8.27. The Morgan fingerprint density at radius 3 is 3.27 bits per heavy atom. The number of pyridine rings is 1. The second kappa shape index (κ2) is 3.47. The predicted octanol–water partition coefficient (Wildman–Crippen LogP) is 1.04. The Bertz CT molecular complexity index is 449. The van der Waals surface area contributed by atoms with Gasteiger partial charge >= 0.3 is 0 Å². The van der Waals surface area contributed by atoms with Gasteiger partial charge in [0.25, 0.3) is 0 Å². The summed E-state index contributed by atoms with van der Waals surface area (Å²) in [4.78, 5) is 11.7. The number of aromatic amines is 1. The van der Waals surface area contributed by atoms with Crippen molar-refractivity contribution in [2.75, 3.05) is 6.54 Å². The fourth-order valence-corrected chi connectivity index (χ4v) is 2.04. The highest BCUT2D eigenvalue weighted by atomic mass is 15.0. The van der Waals surface area contributed by atoms with E-state index in [0.717, 1.165) is 18.7 Å². The molecular weight excluding hydrogens is 188 g/mol. The minimum atomic E-state index is 0.189.